The quantitative estimate of drug-likeness (QED) is 0.812. The van der Waals surface area contributed by atoms with E-state index in [1.807, 2.05) is 0 Å². The lowest BCUT2D eigenvalue weighted by molar-refractivity contribution is 0.0675. The molecule has 1 aliphatic carbocycles. The number of rotatable bonds is 5. The molecule has 0 aromatic rings. The highest BCUT2D eigenvalue weighted by Gasteiger charge is 2.24. The van der Waals surface area contributed by atoms with E-state index >= 15 is 0 Å². The second-order valence-corrected chi connectivity index (χ2v) is 6.92. The van der Waals surface area contributed by atoms with Gasteiger partial charge in [0.2, 0.25) is 0 Å². The fourth-order valence-corrected chi connectivity index (χ4v) is 3.81. The van der Waals surface area contributed by atoms with E-state index in [9.17, 15) is 5.11 Å². The zero-order valence-electron chi connectivity index (χ0n) is 12.3. The molecule has 0 spiro atoms. The van der Waals surface area contributed by atoms with Crippen molar-refractivity contribution in [3.05, 3.63) is 0 Å². The van der Waals surface area contributed by atoms with Gasteiger partial charge >= 0.3 is 0 Å². The standard InChI is InChI=1S/C16H31NO/c1-13(2)15-7-9-17(10-8-15)12-16(18)11-14-5-3-4-6-14/h13-16,18H,3-12H2,1-2H3. The van der Waals surface area contributed by atoms with Crippen LogP contribution in [-0.4, -0.2) is 35.7 Å². The number of likely N-dealkylation sites (tertiary alicyclic amines) is 1. The summed E-state index contributed by atoms with van der Waals surface area (Å²) in [6.45, 7) is 8.00. The Hall–Kier alpha value is -0.0800. The molecule has 2 nitrogen and oxygen atoms in total. The Bertz CT molecular complexity index is 227. The minimum absolute atomic E-state index is 0.0799. The van der Waals surface area contributed by atoms with Crippen LogP contribution in [0.5, 0.6) is 0 Å². The largest absolute Gasteiger partial charge is 0.392 e. The molecule has 1 unspecified atom stereocenters. The molecule has 0 aromatic heterocycles. The predicted molar refractivity (Wildman–Crippen MR) is 76.6 cm³/mol. The van der Waals surface area contributed by atoms with Gasteiger partial charge in [-0.2, -0.15) is 0 Å². The average Bonchev–Trinajstić information content (AvgIpc) is 2.82. The summed E-state index contributed by atoms with van der Waals surface area (Å²) in [4.78, 5) is 2.48. The normalized spacial score (nSPS) is 26.0. The van der Waals surface area contributed by atoms with E-state index in [0.717, 1.165) is 30.7 Å². The Morgan fingerprint density at radius 1 is 1.06 bits per heavy atom. The first-order chi connectivity index (χ1) is 8.65. The minimum atomic E-state index is -0.0799. The summed E-state index contributed by atoms with van der Waals surface area (Å²) < 4.78 is 0. The summed E-state index contributed by atoms with van der Waals surface area (Å²) in [6.07, 6.45) is 9.10. The molecule has 2 rings (SSSR count). The molecule has 0 bridgehead atoms. The maximum atomic E-state index is 10.2. The van der Waals surface area contributed by atoms with Gasteiger partial charge in [-0.25, -0.2) is 0 Å². The second kappa shape index (κ2) is 6.91. The molecule has 1 N–H and O–H groups in total. The number of piperidine rings is 1. The van der Waals surface area contributed by atoms with Crippen LogP contribution >= 0.6 is 0 Å². The van der Waals surface area contributed by atoms with E-state index in [4.69, 9.17) is 0 Å². The van der Waals surface area contributed by atoms with Crippen LogP contribution in [0.25, 0.3) is 0 Å². The van der Waals surface area contributed by atoms with Gasteiger partial charge in [0, 0.05) is 6.54 Å². The zero-order valence-corrected chi connectivity index (χ0v) is 12.3. The van der Waals surface area contributed by atoms with Gasteiger partial charge in [0.15, 0.2) is 0 Å². The molecule has 0 aromatic carbocycles. The predicted octanol–water partition coefficient (Wildman–Crippen LogP) is 3.30. The molecular weight excluding hydrogens is 222 g/mol. The van der Waals surface area contributed by atoms with Crippen molar-refractivity contribution in [3.63, 3.8) is 0 Å². The monoisotopic (exact) mass is 253 g/mol. The van der Waals surface area contributed by atoms with Gasteiger partial charge in [-0.1, -0.05) is 39.5 Å². The van der Waals surface area contributed by atoms with Crippen LogP contribution in [-0.2, 0) is 0 Å². The molecule has 2 fully saturated rings. The van der Waals surface area contributed by atoms with Crippen molar-refractivity contribution in [2.45, 2.75) is 64.9 Å². The van der Waals surface area contributed by atoms with Crippen molar-refractivity contribution in [1.82, 2.24) is 4.90 Å². The smallest absolute Gasteiger partial charge is 0.0669 e. The topological polar surface area (TPSA) is 23.5 Å². The van der Waals surface area contributed by atoms with Crippen molar-refractivity contribution in [2.75, 3.05) is 19.6 Å². The van der Waals surface area contributed by atoms with Crippen molar-refractivity contribution in [1.29, 1.82) is 0 Å². The zero-order chi connectivity index (χ0) is 13.0. The third-order valence-corrected chi connectivity index (χ3v) is 5.12. The van der Waals surface area contributed by atoms with Crippen LogP contribution in [0, 0.1) is 17.8 Å². The van der Waals surface area contributed by atoms with Crippen molar-refractivity contribution in [3.8, 4) is 0 Å². The van der Waals surface area contributed by atoms with Crippen LogP contribution in [0.1, 0.15) is 58.8 Å². The SMILES string of the molecule is CC(C)C1CCN(CC(O)CC2CCCC2)CC1. The fraction of sp³-hybridized carbons (Fsp3) is 1.00. The molecule has 106 valence electrons. The van der Waals surface area contributed by atoms with Gasteiger partial charge in [0.05, 0.1) is 6.10 Å². The molecule has 1 saturated carbocycles. The van der Waals surface area contributed by atoms with E-state index in [0.29, 0.717) is 0 Å². The minimum Gasteiger partial charge on any atom is -0.392 e. The van der Waals surface area contributed by atoms with Crippen LogP contribution in [0.4, 0.5) is 0 Å². The Labute approximate surface area is 113 Å². The number of hydrogen-bond acceptors (Lipinski definition) is 2. The lowest BCUT2D eigenvalue weighted by Crippen LogP contribution is -2.40. The van der Waals surface area contributed by atoms with Crippen LogP contribution in [0.15, 0.2) is 0 Å². The molecule has 0 amide bonds. The molecule has 1 aliphatic heterocycles. The van der Waals surface area contributed by atoms with Crippen LogP contribution in [0.3, 0.4) is 0 Å². The van der Waals surface area contributed by atoms with Gasteiger partial charge in [-0.3, -0.25) is 0 Å². The van der Waals surface area contributed by atoms with Crippen LogP contribution in [0.2, 0.25) is 0 Å². The average molecular weight is 253 g/mol. The van der Waals surface area contributed by atoms with Gasteiger partial charge < -0.3 is 10.0 Å². The summed E-state index contributed by atoms with van der Waals surface area (Å²) in [7, 11) is 0. The third-order valence-electron chi connectivity index (χ3n) is 5.12. The first-order valence-corrected chi connectivity index (χ1v) is 8.05. The Morgan fingerprint density at radius 2 is 1.67 bits per heavy atom. The Morgan fingerprint density at radius 3 is 2.22 bits per heavy atom. The van der Waals surface area contributed by atoms with Crippen molar-refractivity contribution in [2.24, 2.45) is 17.8 Å². The van der Waals surface area contributed by atoms with E-state index in [-0.39, 0.29) is 6.10 Å². The number of nitrogens with zero attached hydrogens (tertiary/aromatic N) is 1. The number of hydrogen-bond donors (Lipinski definition) is 1. The van der Waals surface area contributed by atoms with Gasteiger partial charge in [-0.15, -0.1) is 0 Å². The van der Waals surface area contributed by atoms with Gasteiger partial charge in [-0.05, 0) is 50.1 Å². The molecule has 0 radical (unpaired) electrons. The lowest BCUT2D eigenvalue weighted by Gasteiger charge is -2.35. The van der Waals surface area contributed by atoms with Crippen molar-refractivity contribution >= 4 is 0 Å². The summed E-state index contributed by atoms with van der Waals surface area (Å²) >= 11 is 0. The molecule has 1 saturated heterocycles. The van der Waals surface area contributed by atoms with E-state index < -0.39 is 0 Å². The summed E-state index contributed by atoms with van der Waals surface area (Å²) in [5.74, 6) is 2.55. The molecule has 1 atom stereocenters. The van der Waals surface area contributed by atoms with E-state index in [1.54, 1.807) is 0 Å². The highest BCUT2D eigenvalue weighted by molar-refractivity contribution is 4.78. The molecular formula is C16H31NO. The molecule has 2 aliphatic rings. The van der Waals surface area contributed by atoms with Gasteiger partial charge in [0.1, 0.15) is 0 Å². The Balaban J connectivity index is 1.64. The second-order valence-electron chi connectivity index (χ2n) is 6.92. The molecule has 2 heteroatoms. The highest BCUT2D eigenvalue weighted by Crippen LogP contribution is 2.29. The van der Waals surface area contributed by atoms with E-state index in [2.05, 4.69) is 18.7 Å². The summed E-state index contributed by atoms with van der Waals surface area (Å²) in [6, 6.07) is 0. The molecule has 18 heavy (non-hydrogen) atoms. The highest BCUT2D eigenvalue weighted by atomic mass is 16.3. The maximum absolute atomic E-state index is 10.2. The summed E-state index contributed by atoms with van der Waals surface area (Å²) in [5.41, 5.74) is 0. The number of aliphatic hydroxyl groups excluding tert-OH is 1. The third kappa shape index (κ3) is 4.24. The first-order valence-electron chi connectivity index (χ1n) is 8.05. The fourth-order valence-electron chi connectivity index (χ4n) is 3.81. The molecule has 1 heterocycles. The van der Waals surface area contributed by atoms with Crippen molar-refractivity contribution < 1.29 is 5.11 Å². The van der Waals surface area contributed by atoms with Crippen LogP contribution < -0.4 is 0 Å². The lowest BCUT2D eigenvalue weighted by atomic mass is 9.86. The first kappa shape index (κ1) is 14.3. The number of β-amino-alcohol motifs (C(OH)–C–C–N with tert-alkyl or cyclic N) is 1. The van der Waals surface area contributed by atoms with Gasteiger partial charge in [0.25, 0.3) is 0 Å². The Kier molecular flexibility index (Phi) is 5.50. The maximum Gasteiger partial charge on any atom is 0.0669 e. The number of aliphatic hydroxyl groups is 1. The summed E-state index contributed by atoms with van der Waals surface area (Å²) in [5, 5.41) is 10.2. The van der Waals surface area contributed by atoms with E-state index in [1.165, 1.54) is 51.6 Å².